The topological polar surface area (TPSA) is 175 Å². The van der Waals surface area contributed by atoms with E-state index in [2.05, 4.69) is 21.0 Å². The van der Waals surface area contributed by atoms with Crippen LogP contribution in [0.4, 0.5) is 0 Å². The molecule has 1 aromatic rings. The molecule has 2 heterocycles. The lowest BCUT2D eigenvalue weighted by molar-refractivity contribution is -0.149. The molecule has 0 spiro atoms. The van der Waals surface area contributed by atoms with Gasteiger partial charge < -0.3 is 25.3 Å². The van der Waals surface area contributed by atoms with Crippen molar-refractivity contribution in [3.8, 4) is 0 Å². The van der Waals surface area contributed by atoms with E-state index in [1.165, 1.54) is 12.2 Å². The number of hydrazine groups is 1. The fourth-order valence-electron chi connectivity index (χ4n) is 3.34. The van der Waals surface area contributed by atoms with E-state index in [0.29, 0.717) is 25.5 Å². The average molecular weight is 473 g/mol. The molecule has 1 aliphatic rings. The SMILES string of the molecule is O=CCC[C@H](NC(=O)/C=C/c1ccncc1)C(=O)N1NCCC[C@H]1C(=O)N[C@H](C=O)CC(=O)O. The minimum Gasteiger partial charge on any atom is -0.481 e. The second-order valence-corrected chi connectivity index (χ2v) is 7.54. The molecule has 1 saturated heterocycles. The standard InChI is InChI=1S/C22H27N5O7/c28-12-2-3-17(26-19(30)6-5-15-7-10-23-11-8-15)22(34)27-18(4-1-9-24-27)21(33)25-16(14-29)13-20(31)32/h5-8,10-12,14,16-18,24H,1-4,9,13H2,(H,25,33)(H,26,30)(H,31,32)/b6-5+/t16-,17-,18-/m0/s1. The number of aliphatic carboxylic acids is 1. The molecule has 0 saturated carbocycles. The number of hydrogen-bond donors (Lipinski definition) is 4. The first-order chi connectivity index (χ1) is 16.3. The predicted molar refractivity (Wildman–Crippen MR) is 119 cm³/mol. The van der Waals surface area contributed by atoms with Gasteiger partial charge in [-0.2, -0.15) is 0 Å². The maximum atomic E-state index is 13.2. The molecule has 0 bridgehead atoms. The molecule has 1 aliphatic heterocycles. The van der Waals surface area contributed by atoms with Crippen LogP contribution in [0.3, 0.4) is 0 Å². The van der Waals surface area contributed by atoms with E-state index in [4.69, 9.17) is 5.11 Å². The van der Waals surface area contributed by atoms with Gasteiger partial charge in [0.15, 0.2) is 0 Å². The third-order valence-electron chi connectivity index (χ3n) is 5.00. The van der Waals surface area contributed by atoms with Gasteiger partial charge in [0.1, 0.15) is 24.7 Å². The summed E-state index contributed by atoms with van der Waals surface area (Å²) >= 11 is 0. The lowest BCUT2D eigenvalue weighted by Gasteiger charge is -2.37. The monoisotopic (exact) mass is 473 g/mol. The molecule has 2 rings (SSSR count). The van der Waals surface area contributed by atoms with Gasteiger partial charge in [-0.25, -0.2) is 5.43 Å². The summed E-state index contributed by atoms with van der Waals surface area (Å²) in [6, 6.07) is 0.0163. The number of pyridine rings is 1. The van der Waals surface area contributed by atoms with Gasteiger partial charge in [-0.1, -0.05) is 0 Å². The second kappa shape index (κ2) is 13.6. The molecule has 4 N–H and O–H groups in total. The molecule has 0 radical (unpaired) electrons. The number of carbonyl (C=O) groups excluding carboxylic acids is 5. The van der Waals surface area contributed by atoms with Crippen LogP contribution in [0.1, 0.15) is 37.7 Å². The maximum Gasteiger partial charge on any atom is 0.305 e. The van der Waals surface area contributed by atoms with Crippen LogP contribution in [0.2, 0.25) is 0 Å². The molecule has 0 aromatic carbocycles. The summed E-state index contributed by atoms with van der Waals surface area (Å²) in [4.78, 5) is 75.1. The Morgan fingerprint density at radius 2 is 1.94 bits per heavy atom. The van der Waals surface area contributed by atoms with Crippen LogP contribution in [0.25, 0.3) is 6.08 Å². The summed E-state index contributed by atoms with van der Waals surface area (Å²) < 4.78 is 0. The number of aromatic nitrogens is 1. The van der Waals surface area contributed by atoms with E-state index in [-0.39, 0.29) is 19.3 Å². The number of amides is 3. The van der Waals surface area contributed by atoms with E-state index >= 15 is 0 Å². The summed E-state index contributed by atoms with van der Waals surface area (Å²) in [5.74, 6) is -3.16. The molecule has 1 aromatic heterocycles. The van der Waals surface area contributed by atoms with Crippen LogP contribution >= 0.6 is 0 Å². The van der Waals surface area contributed by atoms with E-state index < -0.39 is 48.2 Å². The Morgan fingerprint density at radius 3 is 2.59 bits per heavy atom. The molecule has 3 atom stereocenters. The van der Waals surface area contributed by atoms with Gasteiger partial charge in [0.25, 0.3) is 5.91 Å². The summed E-state index contributed by atoms with van der Waals surface area (Å²) in [5.41, 5.74) is 3.55. The number of carbonyl (C=O) groups is 6. The first kappa shape index (κ1) is 26.3. The first-order valence-corrected chi connectivity index (χ1v) is 10.7. The Balaban J connectivity index is 2.12. The Morgan fingerprint density at radius 1 is 1.21 bits per heavy atom. The minimum absolute atomic E-state index is 0.00128. The zero-order chi connectivity index (χ0) is 24.9. The average Bonchev–Trinajstić information content (AvgIpc) is 2.84. The van der Waals surface area contributed by atoms with Gasteiger partial charge in [0, 0.05) is 31.4 Å². The molecular weight excluding hydrogens is 446 g/mol. The molecule has 12 nitrogen and oxygen atoms in total. The summed E-state index contributed by atoms with van der Waals surface area (Å²) in [5, 5.41) is 14.8. The fourth-order valence-corrected chi connectivity index (χ4v) is 3.34. The van der Waals surface area contributed by atoms with Crippen LogP contribution in [0.5, 0.6) is 0 Å². The van der Waals surface area contributed by atoms with E-state index in [9.17, 15) is 28.8 Å². The fraction of sp³-hybridized carbons (Fsp3) is 0.409. The Labute approximate surface area is 195 Å². The lowest BCUT2D eigenvalue weighted by atomic mass is 10.0. The highest BCUT2D eigenvalue weighted by Crippen LogP contribution is 2.14. The van der Waals surface area contributed by atoms with Gasteiger partial charge in [-0.05, 0) is 43.0 Å². The highest BCUT2D eigenvalue weighted by molar-refractivity contribution is 5.97. The number of hydrogen-bond acceptors (Lipinski definition) is 8. The third-order valence-corrected chi connectivity index (χ3v) is 5.00. The van der Waals surface area contributed by atoms with Gasteiger partial charge in [-0.15, -0.1) is 0 Å². The van der Waals surface area contributed by atoms with Gasteiger partial charge in [-0.3, -0.25) is 29.2 Å². The summed E-state index contributed by atoms with van der Waals surface area (Å²) in [6.07, 6.45) is 7.07. The van der Waals surface area contributed by atoms with Gasteiger partial charge in [0.2, 0.25) is 11.8 Å². The van der Waals surface area contributed by atoms with Crippen molar-refractivity contribution in [2.24, 2.45) is 0 Å². The summed E-state index contributed by atoms with van der Waals surface area (Å²) in [7, 11) is 0. The van der Waals surface area contributed by atoms with Crippen molar-refractivity contribution in [1.82, 2.24) is 26.1 Å². The van der Waals surface area contributed by atoms with Crippen LogP contribution in [-0.2, 0) is 28.8 Å². The van der Waals surface area contributed by atoms with Crippen molar-refractivity contribution < 1.29 is 33.9 Å². The smallest absolute Gasteiger partial charge is 0.305 e. The van der Waals surface area contributed by atoms with Crippen LogP contribution in [0, 0.1) is 0 Å². The molecule has 12 heteroatoms. The second-order valence-electron chi connectivity index (χ2n) is 7.54. The molecule has 0 unspecified atom stereocenters. The number of nitrogens with zero attached hydrogens (tertiary/aromatic N) is 2. The lowest BCUT2D eigenvalue weighted by Crippen LogP contribution is -2.63. The van der Waals surface area contributed by atoms with Crippen molar-refractivity contribution in [2.75, 3.05) is 6.54 Å². The minimum atomic E-state index is -1.26. The van der Waals surface area contributed by atoms with E-state index in [1.807, 2.05) is 0 Å². The highest BCUT2D eigenvalue weighted by atomic mass is 16.4. The zero-order valence-corrected chi connectivity index (χ0v) is 18.4. The maximum absolute atomic E-state index is 13.2. The number of carboxylic acids is 1. The Hall–Kier alpha value is -3.93. The van der Waals surface area contributed by atoms with Crippen molar-refractivity contribution in [3.05, 3.63) is 36.2 Å². The highest BCUT2D eigenvalue weighted by Gasteiger charge is 2.36. The van der Waals surface area contributed by atoms with E-state index in [1.54, 1.807) is 24.5 Å². The predicted octanol–water partition coefficient (Wildman–Crippen LogP) is -0.787. The van der Waals surface area contributed by atoms with Crippen LogP contribution in [-0.4, -0.2) is 76.0 Å². The number of nitrogens with one attached hydrogen (secondary N) is 3. The molecule has 34 heavy (non-hydrogen) atoms. The van der Waals surface area contributed by atoms with E-state index in [0.717, 1.165) is 10.6 Å². The summed E-state index contributed by atoms with van der Waals surface area (Å²) in [6.45, 7) is 0.387. The largest absolute Gasteiger partial charge is 0.481 e. The molecule has 0 aliphatic carbocycles. The number of carboxylic acid groups (broad SMARTS) is 1. The van der Waals surface area contributed by atoms with Crippen LogP contribution in [0.15, 0.2) is 30.6 Å². The Bertz CT molecular complexity index is 921. The Kier molecular flexibility index (Phi) is 10.5. The number of rotatable bonds is 12. The van der Waals surface area contributed by atoms with Crippen molar-refractivity contribution in [2.45, 2.75) is 50.2 Å². The molecule has 182 valence electrons. The number of aldehydes is 2. The quantitative estimate of drug-likeness (QED) is 0.224. The van der Waals surface area contributed by atoms with Gasteiger partial charge in [0.05, 0.1) is 12.5 Å². The van der Waals surface area contributed by atoms with Gasteiger partial charge >= 0.3 is 5.97 Å². The normalized spacial score (nSPS) is 17.4. The zero-order valence-electron chi connectivity index (χ0n) is 18.4. The van der Waals surface area contributed by atoms with Crippen molar-refractivity contribution in [1.29, 1.82) is 0 Å². The molecule has 3 amide bonds. The molecule has 1 fully saturated rings. The molecular formula is C22H27N5O7. The first-order valence-electron chi connectivity index (χ1n) is 10.7. The van der Waals surface area contributed by atoms with Crippen molar-refractivity contribution >= 4 is 42.3 Å². The van der Waals surface area contributed by atoms with Crippen LogP contribution < -0.4 is 16.1 Å². The van der Waals surface area contributed by atoms with Crippen molar-refractivity contribution in [3.63, 3.8) is 0 Å². The third kappa shape index (κ3) is 8.20.